The molecule has 0 bridgehead atoms. The summed E-state index contributed by atoms with van der Waals surface area (Å²) >= 11 is 0. The quantitative estimate of drug-likeness (QED) is 0.107. The number of phosphoric acid groups is 2. The fraction of sp³-hybridized carbons (Fsp3) is 0.304. The molecule has 1 aliphatic heterocycles. The van der Waals surface area contributed by atoms with Crippen molar-refractivity contribution < 1.29 is 52.0 Å². The highest BCUT2D eigenvalue weighted by molar-refractivity contribution is 7.61. The zero-order chi connectivity index (χ0) is 30.9. The first-order chi connectivity index (χ1) is 20.3. The minimum absolute atomic E-state index is 0.0743. The van der Waals surface area contributed by atoms with E-state index in [2.05, 4.69) is 33.6 Å². The first-order valence-electron chi connectivity index (χ1n) is 12.5. The summed E-state index contributed by atoms with van der Waals surface area (Å²) in [4.78, 5) is 54.1. The van der Waals surface area contributed by atoms with Gasteiger partial charge in [0, 0.05) is 6.54 Å². The maximum Gasteiger partial charge on any atom is 0.481 e. The molecule has 2 aromatic carbocycles. The van der Waals surface area contributed by atoms with Crippen molar-refractivity contribution in [3.05, 3.63) is 64.7 Å². The number of aromatic amines is 1. The molecule has 1 saturated heterocycles. The smallest absolute Gasteiger partial charge is 0.387 e. The second-order valence-electron chi connectivity index (χ2n) is 9.32. The van der Waals surface area contributed by atoms with Crippen molar-refractivity contribution in [3.63, 3.8) is 0 Å². The molecule has 2 unspecified atom stereocenters. The van der Waals surface area contributed by atoms with Crippen molar-refractivity contribution in [1.82, 2.24) is 24.8 Å². The highest BCUT2D eigenvalue weighted by Crippen LogP contribution is 2.60. The Labute approximate surface area is 241 Å². The maximum atomic E-state index is 12.3. The summed E-state index contributed by atoms with van der Waals surface area (Å²) in [5.41, 5.74) is 5.47. The lowest BCUT2D eigenvalue weighted by molar-refractivity contribution is -0.123. The molecule has 6 atom stereocenters. The van der Waals surface area contributed by atoms with Crippen molar-refractivity contribution in [2.45, 2.75) is 31.1 Å². The molecule has 0 saturated carbocycles. The third kappa shape index (κ3) is 7.00. The average molecular weight is 640 g/mol. The molecule has 0 aliphatic carbocycles. The number of aliphatic hydroxyl groups is 2. The van der Waals surface area contributed by atoms with Gasteiger partial charge in [0.2, 0.25) is 11.9 Å². The van der Waals surface area contributed by atoms with E-state index < -0.39 is 64.9 Å². The van der Waals surface area contributed by atoms with E-state index in [-0.39, 0.29) is 23.7 Å². The van der Waals surface area contributed by atoms with E-state index in [1.807, 2.05) is 30.3 Å². The molecule has 230 valence electrons. The van der Waals surface area contributed by atoms with Gasteiger partial charge in [-0.1, -0.05) is 42.5 Å². The monoisotopic (exact) mass is 640 g/mol. The van der Waals surface area contributed by atoms with Crippen molar-refractivity contribution in [1.29, 1.82) is 0 Å². The third-order valence-electron chi connectivity index (χ3n) is 6.39. The van der Waals surface area contributed by atoms with Gasteiger partial charge < -0.3 is 35.8 Å². The van der Waals surface area contributed by atoms with Crippen LogP contribution in [0, 0.1) is 0 Å². The molecule has 3 heterocycles. The maximum absolute atomic E-state index is 12.3. The van der Waals surface area contributed by atoms with Gasteiger partial charge in [-0.05, 0) is 16.3 Å². The summed E-state index contributed by atoms with van der Waals surface area (Å²) in [6, 6.07) is 13.0. The number of carbonyl (C=O) groups excluding carboxylic acids is 1. The van der Waals surface area contributed by atoms with E-state index in [4.69, 9.17) is 10.5 Å². The summed E-state index contributed by atoms with van der Waals surface area (Å²) < 4.78 is 44.6. The predicted octanol–water partition coefficient (Wildman–Crippen LogP) is 0.0412. The topological polar surface area (TPSA) is 271 Å². The van der Waals surface area contributed by atoms with E-state index in [0.29, 0.717) is 0 Å². The van der Waals surface area contributed by atoms with Gasteiger partial charge in [0.15, 0.2) is 17.4 Å². The van der Waals surface area contributed by atoms with Crippen LogP contribution in [0.25, 0.3) is 21.9 Å². The summed E-state index contributed by atoms with van der Waals surface area (Å²) in [7, 11) is -10.6. The van der Waals surface area contributed by atoms with Crippen LogP contribution < -0.4 is 16.6 Å². The number of nitrogens with zero attached hydrogens (tertiary/aromatic N) is 3. The number of carbonyl (C=O) groups is 1. The number of nitrogens with two attached hydrogens (primary N) is 1. The Kier molecular flexibility index (Phi) is 8.78. The van der Waals surface area contributed by atoms with E-state index in [1.165, 1.54) is 0 Å². The number of ether oxygens (including phenoxy) is 1. The molecule has 4 aromatic rings. The third-order valence-corrected chi connectivity index (χ3v) is 8.97. The van der Waals surface area contributed by atoms with Gasteiger partial charge in [0.1, 0.15) is 24.9 Å². The molecule has 5 rings (SSSR count). The number of hydrogen-bond donors (Lipinski definition) is 7. The summed E-state index contributed by atoms with van der Waals surface area (Å²) in [5, 5.41) is 25.2. The zero-order valence-corrected chi connectivity index (χ0v) is 23.7. The van der Waals surface area contributed by atoms with Gasteiger partial charge in [0.05, 0.1) is 12.9 Å². The number of nitrogen functional groups attached to an aromatic ring is 1. The Morgan fingerprint density at radius 3 is 2.60 bits per heavy atom. The van der Waals surface area contributed by atoms with Crippen LogP contribution in [0.5, 0.6) is 0 Å². The number of anilines is 1. The summed E-state index contributed by atoms with van der Waals surface area (Å²) in [6.45, 7) is -1.82. The fourth-order valence-electron chi connectivity index (χ4n) is 4.40. The van der Waals surface area contributed by atoms with Crippen LogP contribution in [0.1, 0.15) is 11.8 Å². The van der Waals surface area contributed by atoms with Gasteiger partial charge in [0.25, 0.3) is 5.56 Å². The van der Waals surface area contributed by atoms with E-state index >= 15 is 0 Å². The SMILES string of the molecule is Nc1nc2c(ncn2[C@@H]2O[C@H](COP(=O)(O)OP(=O)(O)OCC(=O)NCc3cccc4ccccc34)[C@@H](O)[C@H]2O)c(=O)[nH]1. The number of aromatic nitrogens is 4. The lowest BCUT2D eigenvalue weighted by atomic mass is 10.0. The number of H-pyrrole nitrogens is 1. The van der Waals surface area contributed by atoms with Gasteiger partial charge in [-0.3, -0.25) is 28.2 Å². The molecular formula is C23H26N6O12P2. The van der Waals surface area contributed by atoms with E-state index in [0.717, 1.165) is 27.2 Å². The second kappa shape index (κ2) is 12.2. The Morgan fingerprint density at radius 2 is 1.81 bits per heavy atom. The lowest BCUT2D eigenvalue weighted by Crippen LogP contribution is -2.33. The van der Waals surface area contributed by atoms with Crippen LogP contribution in [0.2, 0.25) is 0 Å². The first-order valence-corrected chi connectivity index (χ1v) is 15.5. The first kappa shape index (κ1) is 30.9. The van der Waals surface area contributed by atoms with Crippen LogP contribution in [0.15, 0.2) is 53.6 Å². The number of nitrogens with one attached hydrogen (secondary N) is 2. The number of rotatable bonds is 11. The number of amides is 1. The van der Waals surface area contributed by atoms with E-state index in [1.54, 1.807) is 12.1 Å². The molecule has 8 N–H and O–H groups in total. The molecule has 2 aromatic heterocycles. The number of phosphoric ester groups is 2. The average Bonchev–Trinajstić information content (AvgIpc) is 3.49. The number of aliphatic hydroxyl groups excluding tert-OH is 2. The molecular weight excluding hydrogens is 614 g/mol. The Hall–Kier alpha value is -3.54. The Bertz CT molecular complexity index is 1810. The van der Waals surface area contributed by atoms with Crippen molar-refractivity contribution in [2.24, 2.45) is 0 Å². The number of imidazole rings is 1. The Morgan fingerprint density at radius 1 is 1.09 bits per heavy atom. The largest absolute Gasteiger partial charge is 0.481 e. The van der Waals surface area contributed by atoms with Crippen molar-refractivity contribution in [3.8, 4) is 0 Å². The normalized spacial score (nSPS) is 23.3. The van der Waals surface area contributed by atoms with Crippen LogP contribution in [-0.2, 0) is 38.6 Å². The fourth-order valence-corrected chi connectivity index (χ4v) is 6.44. The number of fused-ring (bicyclic) bond motifs is 2. The summed E-state index contributed by atoms with van der Waals surface area (Å²) in [5.74, 6) is -1.06. The predicted molar refractivity (Wildman–Crippen MR) is 147 cm³/mol. The molecule has 1 aliphatic rings. The Balaban J connectivity index is 1.13. The van der Waals surface area contributed by atoms with Crippen molar-refractivity contribution in [2.75, 3.05) is 18.9 Å². The van der Waals surface area contributed by atoms with Gasteiger partial charge in [-0.25, -0.2) is 14.1 Å². The van der Waals surface area contributed by atoms with E-state index in [9.17, 15) is 38.7 Å². The van der Waals surface area contributed by atoms with Crippen molar-refractivity contribution >= 4 is 49.4 Å². The molecule has 1 fully saturated rings. The van der Waals surface area contributed by atoms with Gasteiger partial charge in [-0.2, -0.15) is 9.29 Å². The highest BCUT2D eigenvalue weighted by Gasteiger charge is 2.46. The highest BCUT2D eigenvalue weighted by atomic mass is 31.3. The van der Waals surface area contributed by atoms with Gasteiger partial charge >= 0.3 is 15.6 Å². The molecule has 43 heavy (non-hydrogen) atoms. The molecule has 0 spiro atoms. The van der Waals surface area contributed by atoms with Crippen LogP contribution in [0.4, 0.5) is 5.95 Å². The number of hydrogen-bond acceptors (Lipinski definition) is 13. The molecule has 20 heteroatoms. The second-order valence-corrected chi connectivity index (χ2v) is 12.4. The molecule has 1 amide bonds. The van der Waals surface area contributed by atoms with Crippen LogP contribution in [0.3, 0.4) is 0 Å². The minimum Gasteiger partial charge on any atom is -0.387 e. The summed E-state index contributed by atoms with van der Waals surface area (Å²) in [6.07, 6.45) is -5.06. The minimum atomic E-state index is -5.33. The van der Waals surface area contributed by atoms with Crippen LogP contribution in [-0.4, -0.2) is 77.0 Å². The number of benzene rings is 2. The lowest BCUT2D eigenvalue weighted by Gasteiger charge is -2.19. The van der Waals surface area contributed by atoms with Gasteiger partial charge in [-0.15, -0.1) is 0 Å². The van der Waals surface area contributed by atoms with Crippen LogP contribution >= 0.6 is 15.6 Å². The molecule has 0 radical (unpaired) electrons. The molecule has 18 nitrogen and oxygen atoms in total. The zero-order valence-electron chi connectivity index (χ0n) is 21.9. The standard InChI is InChI=1S/C23H26N6O12P2/c24-23-27-20-17(21(33)28-23)26-11-29(20)22-19(32)18(31)15(40-22)9-38-42(34,35)41-43(36,37)39-10-16(30)25-8-13-6-3-5-12-4-1-2-7-14(12)13/h1-7,11,15,18-19,22,31-32H,8-10H2,(H,25,30)(H,34,35)(H,36,37)(H3,24,27,28,33)/t15-,18-,19-,22-/m1/s1.